The molecule has 2 aromatic rings. The summed E-state index contributed by atoms with van der Waals surface area (Å²) in [6, 6.07) is 7.87. The summed E-state index contributed by atoms with van der Waals surface area (Å²) < 4.78 is 2.23. The van der Waals surface area contributed by atoms with Crippen molar-refractivity contribution in [1.29, 1.82) is 0 Å². The van der Waals surface area contributed by atoms with E-state index in [0.29, 0.717) is 6.67 Å². The summed E-state index contributed by atoms with van der Waals surface area (Å²) in [7, 11) is 1.94. The summed E-state index contributed by atoms with van der Waals surface area (Å²) in [4.78, 5) is 12.7. The van der Waals surface area contributed by atoms with Crippen LogP contribution in [-0.2, 0) is 13.1 Å². The van der Waals surface area contributed by atoms with Gasteiger partial charge in [0.25, 0.3) is 0 Å². The van der Waals surface area contributed by atoms with Gasteiger partial charge in [-0.3, -0.25) is 4.79 Å². The van der Waals surface area contributed by atoms with Crippen molar-refractivity contribution in [3.05, 3.63) is 69.0 Å². The third-order valence-electron chi connectivity index (χ3n) is 4.59. The smallest absolute Gasteiger partial charge is 0.192 e. The van der Waals surface area contributed by atoms with E-state index in [1.807, 2.05) is 38.2 Å². The fourth-order valence-corrected chi connectivity index (χ4v) is 3.15. The molecule has 1 heterocycles. The zero-order valence-electron chi connectivity index (χ0n) is 16.1. The van der Waals surface area contributed by atoms with Crippen LogP contribution in [0.1, 0.15) is 44.9 Å². The molecule has 0 unspecified atom stereocenters. The van der Waals surface area contributed by atoms with Gasteiger partial charge in [0.2, 0.25) is 0 Å². The summed E-state index contributed by atoms with van der Waals surface area (Å²) in [5.41, 5.74) is 5.82. The van der Waals surface area contributed by atoms with Crippen LogP contribution < -0.4 is 10.7 Å². The molecule has 134 valence electrons. The zero-order chi connectivity index (χ0) is 18.4. The molecule has 0 aliphatic heterocycles. The van der Waals surface area contributed by atoms with Gasteiger partial charge in [-0.2, -0.15) is 0 Å². The molecule has 0 fully saturated rings. The molecule has 0 aliphatic carbocycles. The molecule has 3 heteroatoms. The topological polar surface area (TPSA) is 34.0 Å². The van der Waals surface area contributed by atoms with Gasteiger partial charge in [0, 0.05) is 23.1 Å². The zero-order valence-corrected chi connectivity index (χ0v) is 16.1. The molecule has 0 bridgehead atoms. The van der Waals surface area contributed by atoms with E-state index >= 15 is 0 Å². The Balaban J connectivity index is 2.40. The predicted molar refractivity (Wildman–Crippen MR) is 108 cm³/mol. The second-order valence-electron chi connectivity index (χ2n) is 6.93. The maximum atomic E-state index is 12.7. The highest BCUT2D eigenvalue weighted by atomic mass is 16.1. The SMILES string of the molecule is CNCn1c(C/C=C(\C)CCC=C(C)C)c(C)c(=O)c2ccccc21. The lowest BCUT2D eigenvalue weighted by molar-refractivity contribution is 0.609. The molecular weight excluding hydrogens is 308 g/mol. The third kappa shape index (κ3) is 4.70. The maximum absolute atomic E-state index is 12.7. The highest BCUT2D eigenvalue weighted by Crippen LogP contribution is 2.18. The first-order chi connectivity index (χ1) is 12.0. The van der Waals surface area contributed by atoms with Gasteiger partial charge in [0.1, 0.15) is 0 Å². The highest BCUT2D eigenvalue weighted by molar-refractivity contribution is 5.80. The normalized spacial score (nSPS) is 11.8. The van der Waals surface area contributed by atoms with Crippen molar-refractivity contribution in [2.45, 2.75) is 53.6 Å². The number of nitrogens with one attached hydrogen (secondary N) is 1. The number of nitrogens with zero attached hydrogens (tertiary/aromatic N) is 1. The van der Waals surface area contributed by atoms with Crippen molar-refractivity contribution in [3.8, 4) is 0 Å². The second-order valence-corrected chi connectivity index (χ2v) is 6.93. The number of hydrogen-bond acceptors (Lipinski definition) is 2. The Kier molecular flexibility index (Phi) is 6.77. The number of aromatic nitrogens is 1. The predicted octanol–water partition coefficient (Wildman–Crippen LogP) is 4.72. The van der Waals surface area contributed by atoms with Gasteiger partial charge in [0.15, 0.2) is 5.43 Å². The molecule has 0 atom stereocenters. The molecule has 1 aromatic heterocycles. The van der Waals surface area contributed by atoms with Gasteiger partial charge in [-0.1, -0.05) is 35.4 Å². The average Bonchev–Trinajstić information content (AvgIpc) is 2.59. The number of rotatable bonds is 7. The lowest BCUT2D eigenvalue weighted by Crippen LogP contribution is -2.23. The summed E-state index contributed by atoms with van der Waals surface area (Å²) >= 11 is 0. The minimum absolute atomic E-state index is 0.147. The number of allylic oxidation sites excluding steroid dienone is 4. The fourth-order valence-electron chi connectivity index (χ4n) is 3.15. The van der Waals surface area contributed by atoms with Crippen molar-refractivity contribution >= 4 is 10.9 Å². The van der Waals surface area contributed by atoms with Gasteiger partial charge in [-0.05, 0) is 59.7 Å². The number of para-hydroxylation sites is 1. The first kappa shape index (κ1) is 19.2. The van der Waals surface area contributed by atoms with E-state index in [0.717, 1.165) is 41.4 Å². The van der Waals surface area contributed by atoms with Gasteiger partial charge in [0.05, 0.1) is 12.2 Å². The molecule has 0 amide bonds. The number of benzene rings is 1. The Morgan fingerprint density at radius 1 is 1.16 bits per heavy atom. The van der Waals surface area contributed by atoms with E-state index in [4.69, 9.17) is 0 Å². The number of pyridine rings is 1. The molecular formula is C22H30N2O. The van der Waals surface area contributed by atoms with Crippen LogP contribution in [0.4, 0.5) is 0 Å². The molecule has 0 spiro atoms. The van der Waals surface area contributed by atoms with Crippen LogP contribution in [0.2, 0.25) is 0 Å². The maximum Gasteiger partial charge on any atom is 0.192 e. The first-order valence-corrected chi connectivity index (χ1v) is 9.00. The van der Waals surface area contributed by atoms with E-state index in [1.54, 1.807) is 0 Å². The van der Waals surface area contributed by atoms with Crippen LogP contribution in [0.25, 0.3) is 10.9 Å². The lowest BCUT2D eigenvalue weighted by Gasteiger charge is -2.18. The van der Waals surface area contributed by atoms with Crippen LogP contribution in [0.3, 0.4) is 0 Å². The minimum Gasteiger partial charge on any atom is -0.331 e. The van der Waals surface area contributed by atoms with Crippen molar-refractivity contribution < 1.29 is 0 Å². The number of hydrogen-bond donors (Lipinski definition) is 1. The van der Waals surface area contributed by atoms with Crippen LogP contribution in [-0.4, -0.2) is 11.6 Å². The monoisotopic (exact) mass is 338 g/mol. The molecule has 0 saturated carbocycles. The molecule has 3 nitrogen and oxygen atoms in total. The Bertz CT molecular complexity index is 852. The largest absolute Gasteiger partial charge is 0.331 e. The van der Waals surface area contributed by atoms with Gasteiger partial charge in [-0.25, -0.2) is 0 Å². The summed E-state index contributed by atoms with van der Waals surface area (Å²) in [5.74, 6) is 0. The van der Waals surface area contributed by atoms with Crippen LogP contribution in [0.5, 0.6) is 0 Å². The van der Waals surface area contributed by atoms with E-state index in [9.17, 15) is 4.79 Å². The summed E-state index contributed by atoms with van der Waals surface area (Å²) in [6.07, 6.45) is 7.46. The van der Waals surface area contributed by atoms with Crippen molar-refractivity contribution in [1.82, 2.24) is 9.88 Å². The van der Waals surface area contributed by atoms with E-state index < -0.39 is 0 Å². The Hall–Kier alpha value is -2.13. The standard InChI is InChI=1S/C22H30N2O/c1-16(2)9-8-10-17(3)13-14-20-18(4)22(25)19-11-6-7-12-21(19)24(20)15-23-5/h6-7,9,11-13,23H,8,10,14-15H2,1-5H3/b17-13+. The summed E-state index contributed by atoms with van der Waals surface area (Å²) in [5, 5.41) is 4.02. The van der Waals surface area contributed by atoms with Gasteiger partial charge in [-0.15, -0.1) is 0 Å². The molecule has 1 aromatic carbocycles. The summed E-state index contributed by atoms with van der Waals surface area (Å²) in [6.45, 7) is 9.09. The molecule has 2 rings (SSSR count). The van der Waals surface area contributed by atoms with Gasteiger partial charge >= 0.3 is 0 Å². The van der Waals surface area contributed by atoms with Crippen molar-refractivity contribution in [3.63, 3.8) is 0 Å². The quantitative estimate of drug-likeness (QED) is 0.741. The van der Waals surface area contributed by atoms with E-state index in [-0.39, 0.29) is 5.43 Å². The molecule has 0 radical (unpaired) electrons. The van der Waals surface area contributed by atoms with Crippen LogP contribution in [0, 0.1) is 6.92 Å². The highest BCUT2D eigenvalue weighted by Gasteiger charge is 2.12. The Morgan fingerprint density at radius 3 is 2.56 bits per heavy atom. The fraction of sp³-hybridized carbons (Fsp3) is 0.409. The molecule has 25 heavy (non-hydrogen) atoms. The Labute approximate surface area is 151 Å². The molecule has 0 saturated heterocycles. The molecule has 0 aliphatic rings. The first-order valence-electron chi connectivity index (χ1n) is 9.00. The minimum atomic E-state index is 0.147. The van der Waals surface area contributed by atoms with Crippen LogP contribution in [0.15, 0.2) is 52.4 Å². The lowest BCUT2D eigenvalue weighted by atomic mass is 10.0. The van der Waals surface area contributed by atoms with Crippen molar-refractivity contribution in [2.24, 2.45) is 0 Å². The number of fused-ring (bicyclic) bond motifs is 1. The van der Waals surface area contributed by atoms with Crippen molar-refractivity contribution in [2.75, 3.05) is 7.05 Å². The van der Waals surface area contributed by atoms with Crippen LogP contribution >= 0.6 is 0 Å². The van der Waals surface area contributed by atoms with Gasteiger partial charge < -0.3 is 9.88 Å². The second kappa shape index (κ2) is 8.82. The molecule has 1 N–H and O–H groups in total. The van der Waals surface area contributed by atoms with E-state index in [1.165, 1.54) is 11.1 Å². The average molecular weight is 338 g/mol. The van der Waals surface area contributed by atoms with E-state index in [2.05, 4.69) is 42.8 Å². The third-order valence-corrected chi connectivity index (χ3v) is 4.59. The Morgan fingerprint density at radius 2 is 1.88 bits per heavy atom.